The lowest BCUT2D eigenvalue weighted by Crippen LogP contribution is -2.43. The summed E-state index contributed by atoms with van der Waals surface area (Å²) in [5, 5.41) is 17.0. The van der Waals surface area contributed by atoms with Crippen molar-refractivity contribution in [3.8, 4) is 0 Å². The Hall–Kier alpha value is -1.45. The fourth-order valence-electron chi connectivity index (χ4n) is 0.941. The average Bonchev–Trinajstić information content (AvgIpc) is 2.61. The Morgan fingerprint density at radius 3 is 2.69 bits per heavy atom. The summed E-state index contributed by atoms with van der Waals surface area (Å²) in [6, 6.07) is -1.58. The first-order chi connectivity index (χ1) is 7.36. The molecule has 0 radical (unpaired) electrons. The molecule has 0 aliphatic rings. The number of aryl methyl sites for hydroxylation is 1. The molecule has 8 nitrogen and oxygen atoms in total. The van der Waals surface area contributed by atoms with Crippen LogP contribution in [0, 0.1) is 0 Å². The van der Waals surface area contributed by atoms with Gasteiger partial charge >= 0.3 is 5.97 Å². The molecular formula is C7H11N3O5S. The van der Waals surface area contributed by atoms with Crippen molar-refractivity contribution in [2.75, 3.05) is 6.61 Å². The molecule has 0 bridgehead atoms. The zero-order valence-electron chi connectivity index (χ0n) is 8.36. The van der Waals surface area contributed by atoms with Crippen LogP contribution in [0.1, 0.15) is 0 Å². The number of carbonyl (C=O) groups is 1. The fraction of sp³-hybridized carbons (Fsp3) is 0.429. The van der Waals surface area contributed by atoms with E-state index in [4.69, 9.17) is 10.2 Å². The summed E-state index contributed by atoms with van der Waals surface area (Å²) in [6.45, 7) is -0.832. The normalized spacial score (nSPS) is 13.6. The van der Waals surface area contributed by atoms with Gasteiger partial charge in [-0.25, -0.2) is 13.4 Å². The zero-order valence-corrected chi connectivity index (χ0v) is 9.18. The van der Waals surface area contributed by atoms with E-state index in [-0.39, 0.29) is 5.03 Å². The van der Waals surface area contributed by atoms with Gasteiger partial charge in [-0.2, -0.15) is 4.72 Å². The summed E-state index contributed by atoms with van der Waals surface area (Å²) in [7, 11) is -2.44. The molecule has 1 aromatic heterocycles. The summed E-state index contributed by atoms with van der Waals surface area (Å²) in [4.78, 5) is 14.1. The fourth-order valence-corrected chi connectivity index (χ4v) is 2.10. The molecule has 1 atom stereocenters. The van der Waals surface area contributed by atoms with Crippen molar-refractivity contribution in [3.63, 3.8) is 0 Å². The molecule has 0 amide bonds. The number of imidazole rings is 1. The highest BCUT2D eigenvalue weighted by molar-refractivity contribution is 7.89. The van der Waals surface area contributed by atoms with Gasteiger partial charge in [-0.15, -0.1) is 0 Å². The Kier molecular flexibility index (Phi) is 3.62. The van der Waals surface area contributed by atoms with Crippen LogP contribution >= 0.6 is 0 Å². The van der Waals surface area contributed by atoms with Gasteiger partial charge in [0.1, 0.15) is 6.04 Å². The Balaban J connectivity index is 2.91. The van der Waals surface area contributed by atoms with E-state index in [0.29, 0.717) is 0 Å². The van der Waals surface area contributed by atoms with E-state index >= 15 is 0 Å². The van der Waals surface area contributed by atoms with Crippen LogP contribution in [0.4, 0.5) is 0 Å². The Morgan fingerprint density at radius 2 is 2.31 bits per heavy atom. The number of rotatable bonds is 5. The van der Waals surface area contributed by atoms with Crippen LogP contribution in [0.15, 0.2) is 17.6 Å². The molecule has 0 aliphatic carbocycles. The lowest BCUT2D eigenvalue weighted by molar-refractivity contribution is -0.139. The summed E-state index contributed by atoms with van der Waals surface area (Å²) < 4.78 is 26.3. The highest BCUT2D eigenvalue weighted by atomic mass is 32.2. The molecule has 1 rings (SSSR count). The van der Waals surface area contributed by atoms with Crippen molar-refractivity contribution in [2.45, 2.75) is 11.1 Å². The maximum absolute atomic E-state index is 11.6. The maximum Gasteiger partial charge on any atom is 0.324 e. The van der Waals surface area contributed by atoms with E-state index in [2.05, 4.69) is 4.98 Å². The first-order valence-electron chi connectivity index (χ1n) is 4.21. The number of aliphatic carboxylic acids is 1. The molecule has 3 N–H and O–H groups in total. The number of carboxylic acids is 1. The first kappa shape index (κ1) is 12.6. The number of aliphatic hydroxyl groups is 1. The van der Waals surface area contributed by atoms with E-state index in [1.165, 1.54) is 17.1 Å². The number of aromatic nitrogens is 2. The second kappa shape index (κ2) is 4.60. The van der Waals surface area contributed by atoms with Crippen LogP contribution in [0.2, 0.25) is 0 Å². The lowest BCUT2D eigenvalue weighted by atomic mass is 10.3. The molecule has 0 aromatic carbocycles. The van der Waals surface area contributed by atoms with Crippen LogP contribution < -0.4 is 4.72 Å². The van der Waals surface area contributed by atoms with Crippen LogP contribution in [0.25, 0.3) is 0 Å². The molecule has 1 heterocycles. The van der Waals surface area contributed by atoms with Crippen molar-refractivity contribution in [3.05, 3.63) is 12.5 Å². The Labute approximate surface area is 91.6 Å². The van der Waals surface area contributed by atoms with Gasteiger partial charge in [0.25, 0.3) is 10.0 Å². The minimum absolute atomic E-state index is 0.297. The largest absolute Gasteiger partial charge is 0.480 e. The molecule has 0 aliphatic heterocycles. The van der Waals surface area contributed by atoms with Crippen molar-refractivity contribution >= 4 is 16.0 Å². The van der Waals surface area contributed by atoms with Crippen molar-refractivity contribution in [2.24, 2.45) is 7.05 Å². The second-order valence-electron chi connectivity index (χ2n) is 3.07. The van der Waals surface area contributed by atoms with Crippen molar-refractivity contribution in [1.29, 1.82) is 0 Å². The van der Waals surface area contributed by atoms with Gasteiger partial charge in [0.2, 0.25) is 0 Å². The lowest BCUT2D eigenvalue weighted by Gasteiger charge is -2.10. The number of carboxylic acid groups (broad SMARTS) is 1. The highest BCUT2D eigenvalue weighted by Crippen LogP contribution is 2.04. The maximum atomic E-state index is 11.6. The molecule has 9 heteroatoms. The number of sulfonamides is 1. The monoisotopic (exact) mass is 249 g/mol. The van der Waals surface area contributed by atoms with Gasteiger partial charge < -0.3 is 14.8 Å². The third kappa shape index (κ3) is 2.78. The predicted octanol–water partition coefficient (Wildman–Crippen LogP) is -1.86. The standard InChI is InChI=1S/C7H11N3O5S/c1-10-2-6(8-4-10)16(14,15)9-5(3-11)7(12)13/h2,4-5,9,11H,3H2,1H3,(H,12,13). The molecule has 16 heavy (non-hydrogen) atoms. The van der Waals surface area contributed by atoms with E-state index < -0.39 is 28.6 Å². The van der Waals surface area contributed by atoms with Gasteiger partial charge in [0.15, 0.2) is 5.03 Å². The second-order valence-corrected chi connectivity index (χ2v) is 4.73. The molecule has 0 fully saturated rings. The van der Waals surface area contributed by atoms with Gasteiger partial charge in [-0.3, -0.25) is 4.79 Å². The summed E-state index contributed by atoms with van der Waals surface area (Å²) in [6.07, 6.45) is 2.49. The van der Waals surface area contributed by atoms with E-state index in [1.54, 1.807) is 7.05 Å². The minimum atomic E-state index is -4.02. The molecular weight excluding hydrogens is 238 g/mol. The highest BCUT2D eigenvalue weighted by Gasteiger charge is 2.26. The number of nitrogens with zero attached hydrogens (tertiary/aromatic N) is 2. The first-order valence-corrected chi connectivity index (χ1v) is 5.69. The third-order valence-electron chi connectivity index (χ3n) is 1.73. The molecule has 1 unspecified atom stereocenters. The summed E-state index contributed by atoms with van der Waals surface area (Å²) >= 11 is 0. The third-order valence-corrected chi connectivity index (χ3v) is 3.09. The van der Waals surface area contributed by atoms with Crippen LogP contribution in [-0.4, -0.2) is 46.8 Å². The predicted molar refractivity (Wildman–Crippen MR) is 52.0 cm³/mol. The van der Waals surface area contributed by atoms with Crippen LogP contribution in [-0.2, 0) is 21.9 Å². The summed E-state index contributed by atoms with van der Waals surface area (Å²) in [5.74, 6) is -1.46. The minimum Gasteiger partial charge on any atom is -0.480 e. The Bertz CT molecular complexity index is 480. The molecule has 0 saturated carbocycles. The smallest absolute Gasteiger partial charge is 0.324 e. The number of hydrogen-bond donors (Lipinski definition) is 3. The van der Waals surface area contributed by atoms with E-state index in [0.717, 1.165) is 0 Å². The van der Waals surface area contributed by atoms with E-state index in [1.807, 2.05) is 4.72 Å². The van der Waals surface area contributed by atoms with Crippen molar-refractivity contribution in [1.82, 2.24) is 14.3 Å². The van der Waals surface area contributed by atoms with E-state index in [9.17, 15) is 13.2 Å². The average molecular weight is 249 g/mol. The van der Waals surface area contributed by atoms with Gasteiger partial charge in [0, 0.05) is 13.2 Å². The van der Waals surface area contributed by atoms with Gasteiger partial charge in [-0.05, 0) is 0 Å². The number of hydrogen-bond acceptors (Lipinski definition) is 5. The number of aliphatic hydroxyl groups excluding tert-OH is 1. The van der Waals surface area contributed by atoms with Gasteiger partial charge in [-0.1, -0.05) is 0 Å². The molecule has 1 aromatic rings. The summed E-state index contributed by atoms with van der Waals surface area (Å²) in [5.41, 5.74) is 0. The topological polar surface area (TPSA) is 122 Å². The van der Waals surface area contributed by atoms with Crippen LogP contribution in [0.3, 0.4) is 0 Å². The van der Waals surface area contributed by atoms with Crippen LogP contribution in [0.5, 0.6) is 0 Å². The zero-order chi connectivity index (χ0) is 12.3. The SMILES string of the molecule is Cn1cnc(S(=O)(=O)NC(CO)C(=O)O)c1. The Morgan fingerprint density at radius 1 is 1.69 bits per heavy atom. The molecule has 90 valence electrons. The van der Waals surface area contributed by atoms with Crippen molar-refractivity contribution < 1.29 is 23.4 Å². The number of nitrogens with one attached hydrogen (secondary N) is 1. The quantitative estimate of drug-likeness (QED) is 0.563. The van der Waals surface area contributed by atoms with Gasteiger partial charge in [0.05, 0.1) is 12.9 Å². The molecule has 0 spiro atoms. The molecule has 0 saturated heterocycles.